The van der Waals surface area contributed by atoms with Crippen LogP contribution >= 0.6 is 15.9 Å². The van der Waals surface area contributed by atoms with Gasteiger partial charge in [-0.3, -0.25) is 0 Å². The van der Waals surface area contributed by atoms with Crippen molar-refractivity contribution in [1.82, 2.24) is 0 Å². The normalized spacial score (nSPS) is 18.6. The van der Waals surface area contributed by atoms with Gasteiger partial charge in [0.15, 0.2) is 11.5 Å². The predicted molar refractivity (Wildman–Crippen MR) is 76.2 cm³/mol. The molecule has 18 heavy (non-hydrogen) atoms. The summed E-state index contributed by atoms with van der Waals surface area (Å²) in [5, 5.41) is 10.4. The fraction of sp³-hybridized carbons (Fsp3) is 0.571. The maximum atomic E-state index is 10.4. The zero-order valence-corrected chi connectivity index (χ0v) is 12.3. The third-order valence-electron chi connectivity index (χ3n) is 4.06. The van der Waals surface area contributed by atoms with E-state index >= 15 is 0 Å². The Balaban J connectivity index is 2.48. The van der Waals surface area contributed by atoms with Crippen LogP contribution in [0.5, 0.6) is 11.5 Å². The Morgan fingerprint density at radius 1 is 1.33 bits per heavy atom. The molecule has 1 aliphatic carbocycles. The van der Waals surface area contributed by atoms with Gasteiger partial charge in [-0.15, -0.1) is 0 Å². The van der Waals surface area contributed by atoms with E-state index in [0.717, 1.165) is 22.9 Å². The van der Waals surface area contributed by atoms with Crippen molar-refractivity contribution in [3.8, 4) is 11.5 Å². The third kappa shape index (κ3) is 2.24. The number of phenols is 1. The van der Waals surface area contributed by atoms with E-state index in [2.05, 4.69) is 15.9 Å². The summed E-state index contributed by atoms with van der Waals surface area (Å²) in [6, 6.07) is 3.90. The van der Waals surface area contributed by atoms with Crippen molar-refractivity contribution in [2.75, 3.05) is 13.7 Å². The molecular weight excluding hydrogens is 294 g/mol. The number of nitrogens with two attached hydrogens (primary N) is 1. The smallest absolute Gasteiger partial charge is 0.174 e. The second kappa shape index (κ2) is 5.49. The lowest BCUT2D eigenvalue weighted by atomic mass is 9.69. The molecule has 1 aliphatic rings. The van der Waals surface area contributed by atoms with E-state index in [1.165, 1.54) is 19.3 Å². The average molecular weight is 314 g/mol. The average Bonchev–Trinajstić information content (AvgIpc) is 2.40. The molecular formula is C14H20BrNO2. The highest BCUT2D eigenvalue weighted by molar-refractivity contribution is 9.10. The van der Waals surface area contributed by atoms with Crippen LogP contribution in [0, 0.1) is 0 Å². The first-order valence-electron chi connectivity index (χ1n) is 6.40. The highest BCUT2D eigenvalue weighted by Gasteiger charge is 2.35. The van der Waals surface area contributed by atoms with Crippen molar-refractivity contribution in [2.24, 2.45) is 5.73 Å². The number of hydrogen-bond acceptors (Lipinski definition) is 3. The van der Waals surface area contributed by atoms with Crippen LogP contribution in [0.15, 0.2) is 16.6 Å². The Morgan fingerprint density at radius 2 is 2.00 bits per heavy atom. The van der Waals surface area contributed by atoms with Crippen LogP contribution < -0.4 is 10.5 Å². The van der Waals surface area contributed by atoms with Crippen LogP contribution in [-0.2, 0) is 5.41 Å². The minimum atomic E-state index is -0.0870. The van der Waals surface area contributed by atoms with Crippen molar-refractivity contribution in [1.29, 1.82) is 0 Å². The van der Waals surface area contributed by atoms with Gasteiger partial charge < -0.3 is 15.6 Å². The monoisotopic (exact) mass is 313 g/mol. The molecule has 4 heteroatoms. The van der Waals surface area contributed by atoms with Gasteiger partial charge in [0.05, 0.1) is 11.6 Å². The summed E-state index contributed by atoms with van der Waals surface area (Å²) >= 11 is 3.39. The maximum Gasteiger partial charge on any atom is 0.174 e. The Bertz CT molecular complexity index is 428. The van der Waals surface area contributed by atoms with Gasteiger partial charge >= 0.3 is 0 Å². The molecule has 0 spiro atoms. The molecule has 0 bridgehead atoms. The first-order valence-corrected chi connectivity index (χ1v) is 7.20. The lowest BCUT2D eigenvalue weighted by molar-refractivity contribution is 0.285. The summed E-state index contributed by atoms with van der Waals surface area (Å²) in [6.07, 6.45) is 5.70. The van der Waals surface area contributed by atoms with Crippen molar-refractivity contribution in [3.63, 3.8) is 0 Å². The molecule has 0 unspecified atom stereocenters. The van der Waals surface area contributed by atoms with E-state index in [4.69, 9.17) is 10.5 Å². The first-order chi connectivity index (χ1) is 8.64. The number of hydrogen-bond donors (Lipinski definition) is 2. The summed E-state index contributed by atoms with van der Waals surface area (Å²) in [6.45, 7) is 0.575. The second-order valence-corrected chi connectivity index (χ2v) is 5.88. The summed E-state index contributed by atoms with van der Waals surface area (Å²) in [5.41, 5.74) is 6.85. The molecule has 3 nitrogen and oxygen atoms in total. The molecule has 1 aromatic carbocycles. The van der Waals surface area contributed by atoms with Crippen LogP contribution in [0.2, 0.25) is 0 Å². The van der Waals surface area contributed by atoms with Gasteiger partial charge in [0.25, 0.3) is 0 Å². The van der Waals surface area contributed by atoms with Crippen LogP contribution in [0.4, 0.5) is 0 Å². The van der Waals surface area contributed by atoms with Crippen molar-refractivity contribution in [3.05, 3.63) is 22.2 Å². The largest absolute Gasteiger partial charge is 0.504 e. The molecule has 1 fully saturated rings. The summed E-state index contributed by atoms with van der Waals surface area (Å²) < 4.78 is 6.03. The highest BCUT2D eigenvalue weighted by atomic mass is 79.9. The first kappa shape index (κ1) is 13.7. The van der Waals surface area contributed by atoms with Gasteiger partial charge in [0.2, 0.25) is 0 Å². The number of aromatic hydroxyl groups is 1. The minimum absolute atomic E-state index is 0.0870. The molecule has 2 rings (SSSR count). The topological polar surface area (TPSA) is 55.5 Å². The number of rotatable bonds is 3. The molecule has 0 aromatic heterocycles. The molecule has 0 atom stereocenters. The summed E-state index contributed by atoms with van der Waals surface area (Å²) in [4.78, 5) is 0. The van der Waals surface area contributed by atoms with Gasteiger partial charge in [-0.25, -0.2) is 0 Å². The Hall–Kier alpha value is -0.740. The van der Waals surface area contributed by atoms with E-state index < -0.39 is 0 Å². The molecule has 0 aliphatic heterocycles. The lowest BCUT2D eigenvalue weighted by Gasteiger charge is -2.37. The van der Waals surface area contributed by atoms with Crippen LogP contribution in [-0.4, -0.2) is 18.8 Å². The molecule has 0 saturated heterocycles. The predicted octanol–water partition coefficient (Wildman–Crippen LogP) is 3.32. The SMILES string of the molecule is COc1c(Br)ccc(C2(CN)CCCCC2)c1O. The minimum Gasteiger partial charge on any atom is -0.504 e. The maximum absolute atomic E-state index is 10.4. The van der Waals surface area contributed by atoms with Crippen molar-refractivity contribution >= 4 is 15.9 Å². The number of methoxy groups -OCH3 is 1. The van der Waals surface area contributed by atoms with Crippen LogP contribution in [0.3, 0.4) is 0 Å². The van der Waals surface area contributed by atoms with Crippen LogP contribution in [0.1, 0.15) is 37.7 Å². The third-order valence-corrected chi connectivity index (χ3v) is 4.68. The molecule has 100 valence electrons. The van der Waals surface area contributed by atoms with E-state index in [1.807, 2.05) is 12.1 Å². The number of halogens is 1. The quantitative estimate of drug-likeness (QED) is 0.900. The fourth-order valence-electron chi connectivity index (χ4n) is 2.98. The summed E-state index contributed by atoms with van der Waals surface area (Å²) in [7, 11) is 1.57. The lowest BCUT2D eigenvalue weighted by Crippen LogP contribution is -2.37. The molecule has 3 N–H and O–H groups in total. The zero-order valence-electron chi connectivity index (χ0n) is 10.7. The summed E-state index contributed by atoms with van der Waals surface area (Å²) in [5.74, 6) is 0.741. The van der Waals surface area contributed by atoms with Crippen LogP contribution in [0.25, 0.3) is 0 Å². The van der Waals surface area contributed by atoms with Crippen molar-refractivity contribution in [2.45, 2.75) is 37.5 Å². The van der Waals surface area contributed by atoms with Gasteiger partial charge in [0.1, 0.15) is 0 Å². The molecule has 1 aromatic rings. The molecule has 1 saturated carbocycles. The van der Waals surface area contributed by atoms with Crippen molar-refractivity contribution < 1.29 is 9.84 Å². The van der Waals surface area contributed by atoms with E-state index in [0.29, 0.717) is 12.3 Å². The second-order valence-electron chi connectivity index (χ2n) is 5.02. The number of ether oxygens (including phenoxy) is 1. The van der Waals surface area contributed by atoms with Gasteiger partial charge in [-0.05, 0) is 34.8 Å². The fourth-order valence-corrected chi connectivity index (χ4v) is 3.46. The van der Waals surface area contributed by atoms with Gasteiger partial charge in [-0.2, -0.15) is 0 Å². The Labute approximate surface area is 116 Å². The van der Waals surface area contributed by atoms with Gasteiger partial charge in [0, 0.05) is 17.5 Å². The Morgan fingerprint density at radius 3 is 2.56 bits per heavy atom. The molecule has 0 amide bonds. The van der Waals surface area contributed by atoms with E-state index in [9.17, 15) is 5.11 Å². The highest BCUT2D eigenvalue weighted by Crippen LogP contribution is 2.47. The number of phenolic OH excluding ortho intramolecular Hbond substituents is 1. The standard InChI is InChI=1S/C14H20BrNO2/c1-18-13-11(15)6-5-10(12(13)17)14(9-16)7-3-2-4-8-14/h5-6,17H,2-4,7-9,16H2,1H3. The van der Waals surface area contributed by atoms with E-state index in [1.54, 1.807) is 7.11 Å². The molecule has 0 heterocycles. The zero-order chi connectivity index (χ0) is 13.2. The Kier molecular flexibility index (Phi) is 4.17. The number of benzene rings is 1. The van der Waals surface area contributed by atoms with E-state index in [-0.39, 0.29) is 11.2 Å². The molecule has 0 radical (unpaired) electrons. The van der Waals surface area contributed by atoms with Gasteiger partial charge in [-0.1, -0.05) is 25.3 Å².